The van der Waals surface area contributed by atoms with Gasteiger partial charge in [0.15, 0.2) is 98.6 Å². The van der Waals surface area contributed by atoms with Crippen molar-refractivity contribution in [2.75, 3.05) is 31.8 Å². The molecule has 0 radical (unpaired) electrons. The molecule has 0 bridgehead atoms. The molecule has 0 spiro atoms. The first-order chi connectivity index (χ1) is 47.3. The molecule has 41 heteroatoms. The summed E-state index contributed by atoms with van der Waals surface area (Å²) in [7, 11) is 0. The van der Waals surface area contributed by atoms with E-state index in [2.05, 4.69) is 15.9 Å². The lowest BCUT2D eigenvalue weighted by Gasteiger charge is -2.51. The average Bonchev–Trinajstić information content (AvgIpc) is 0.763. The number of halogens is 1. The van der Waals surface area contributed by atoms with Gasteiger partial charge in [-0.05, 0) is 0 Å². The van der Waals surface area contributed by atoms with Crippen molar-refractivity contribution in [1.82, 2.24) is 0 Å². The molecule has 1 N–H and O–H groups in total. The zero-order chi connectivity index (χ0) is 75.6. The maximum absolute atomic E-state index is 13.5. The van der Waals surface area contributed by atoms with E-state index in [4.69, 9.17) is 114 Å². The van der Waals surface area contributed by atoms with Gasteiger partial charge in [-0.1, -0.05) is 15.9 Å². The highest BCUT2D eigenvalue weighted by molar-refractivity contribution is 9.09. The number of hydrogen-bond donors (Lipinski definition) is 1. The fraction of sp³-hybridized carbons (Fsp3) is 0.750. The standard InChI is InChI=1S/C60H81BrO40/c1-21(62)78-17-37-43(46(83-26(6)67)51(56(77)93-37)88-31(11)72)99-60-55(92-35(15)76)49(86-29(9)70)44(39(97-60)19-80-23(3)64)100-57-52(89-32(12)73)47(84-27(7)68)41(36(16-61)94-57)98-58-54(91-34(14)75)50(87-30(10)71)45(40(96-58)20-81-24(4)65)101-59-53(90-33(13)74)48(85-28(8)69)42(82-25(5)66)38(95-59)18-79-22(2)63/h36-60,77H,16-20H2,1-15H3/t36?,37?,38?,39?,40?,41-,42-,43-,44-,45-,46-,47-,48-,49-,50-,51?,52?,53?,54?,55?,56+,57-,58-,59-,60-/m0/s1. The van der Waals surface area contributed by atoms with E-state index in [-0.39, 0.29) is 0 Å². The summed E-state index contributed by atoms with van der Waals surface area (Å²) in [6.07, 6.45) is -49.1. The van der Waals surface area contributed by atoms with Crippen molar-refractivity contribution in [2.24, 2.45) is 0 Å². The lowest BCUT2D eigenvalue weighted by atomic mass is 9.94. The molecule has 5 aliphatic rings. The number of aliphatic hydroxyl groups excluding tert-OH is 1. The Morgan fingerprint density at radius 2 is 0.416 bits per heavy atom. The van der Waals surface area contributed by atoms with Gasteiger partial charge in [0.05, 0.1) is 0 Å². The molecule has 101 heavy (non-hydrogen) atoms. The van der Waals surface area contributed by atoms with E-state index in [9.17, 15) is 77.0 Å². The van der Waals surface area contributed by atoms with Crippen molar-refractivity contribution >= 4 is 105 Å². The average molecular weight is 1520 g/mol. The SMILES string of the molecule is CC(=O)OCC1O[C@@H](O[C@H]2C(COC(C)=O)O[C@@H](O[C@H]3C(CBr)O[C@@H](O[C@H]4C(COC(C)=O)O[C@@H](O[C@H]5C(COC(C)=O)O[C@@H](O)C(OC(C)=O)[C@H]5OC(C)=O)C(OC(C)=O)[C@H]4OC(C)=O)C(OC(C)=O)[C@H]3OC(C)=O)C(OC(C)=O)[C@H]2OC(C)=O)C(OC(C)=O)[C@@H](OC(C)=O)[C@H]1OC(C)=O. The Hall–Kier alpha value is -7.87. The molecule has 10 unspecified atom stereocenters. The van der Waals surface area contributed by atoms with Crippen LogP contribution in [-0.4, -0.2) is 280 Å². The van der Waals surface area contributed by atoms with E-state index >= 15 is 0 Å². The molecule has 40 nitrogen and oxygen atoms in total. The monoisotopic (exact) mass is 1520 g/mol. The predicted octanol–water partition coefficient (Wildman–Crippen LogP) is -1.96. The van der Waals surface area contributed by atoms with Crippen LogP contribution in [0.5, 0.6) is 0 Å². The Morgan fingerprint density at radius 1 is 0.238 bits per heavy atom. The molecule has 25 atom stereocenters. The molecule has 5 saturated heterocycles. The van der Waals surface area contributed by atoms with E-state index < -0.39 is 275 Å². The first-order valence-electron chi connectivity index (χ1n) is 30.8. The van der Waals surface area contributed by atoms with Crippen molar-refractivity contribution in [3.05, 3.63) is 0 Å². The zero-order valence-electron chi connectivity index (χ0n) is 57.2. The molecule has 0 aromatic rings. The number of carbonyl (C=O) groups excluding carboxylic acids is 15. The largest absolute Gasteiger partial charge is 0.463 e. The molecule has 568 valence electrons. The van der Waals surface area contributed by atoms with Crippen LogP contribution in [0.25, 0.3) is 0 Å². The van der Waals surface area contributed by atoms with Gasteiger partial charge in [-0.2, -0.15) is 0 Å². The van der Waals surface area contributed by atoms with Gasteiger partial charge in [0.25, 0.3) is 0 Å². The number of rotatable bonds is 28. The number of ether oxygens (including phenoxy) is 24. The molecule has 5 fully saturated rings. The molecule has 5 heterocycles. The van der Waals surface area contributed by atoms with Crippen molar-refractivity contribution in [1.29, 1.82) is 0 Å². The molecular weight excluding hydrogens is 1440 g/mol. The lowest BCUT2D eigenvalue weighted by molar-refractivity contribution is -0.390. The third-order valence-corrected chi connectivity index (χ3v) is 15.1. The van der Waals surface area contributed by atoms with Crippen LogP contribution in [0, 0.1) is 0 Å². The van der Waals surface area contributed by atoms with Gasteiger partial charge >= 0.3 is 89.5 Å². The summed E-state index contributed by atoms with van der Waals surface area (Å²) in [5.74, 6) is -15.9. The Balaban J connectivity index is 1.68. The highest BCUT2D eigenvalue weighted by atomic mass is 79.9. The Morgan fingerprint density at radius 3 is 0.653 bits per heavy atom. The quantitative estimate of drug-likeness (QED) is 0.0505. The highest BCUT2D eigenvalue weighted by Gasteiger charge is 2.63. The summed E-state index contributed by atoms with van der Waals surface area (Å²) in [5.41, 5.74) is 0. The normalized spacial score (nSPS) is 33.7. The van der Waals surface area contributed by atoms with Crippen molar-refractivity contribution in [3.63, 3.8) is 0 Å². The van der Waals surface area contributed by atoms with Crippen LogP contribution in [0.15, 0.2) is 0 Å². The second-order valence-corrected chi connectivity index (χ2v) is 23.5. The van der Waals surface area contributed by atoms with Gasteiger partial charge in [-0.3, -0.25) is 71.9 Å². The van der Waals surface area contributed by atoms with E-state index in [1.807, 2.05) is 0 Å². The summed E-state index contributed by atoms with van der Waals surface area (Å²) in [4.78, 5) is 193. The van der Waals surface area contributed by atoms with E-state index in [0.717, 1.165) is 104 Å². The molecule has 0 saturated carbocycles. The van der Waals surface area contributed by atoms with Gasteiger partial charge in [0, 0.05) is 109 Å². The van der Waals surface area contributed by atoms with Crippen LogP contribution in [0.3, 0.4) is 0 Å². The summed E-state index contributed by atoms with van der Waals surface area (Å²) < 4.78 is 141. The number of hydrogen-bond acceptors (Lipinski definition) is 40. The Bertz CT molecular complexity index is 2990. The first kappa shape index (κ1) is 83.8. The van der Waals surface area contributed by atoms with Crippen LogP contribution >= 0.6 is 15.9 Å². The van der Waals surface area contributed by atoms with Crippen molar-refractivity contribution in [2.45, 2.75) is 257 Å². The van der Waals surface area contributed by atoms with Crippen LogP contribution < -0.4 is 0 Å². The highest BCUT2D eigenvalue weighted by Crippen LogP contribution is 2.41. The van der Waals surface area contributed by atoms with Crippen molar-refractivity contribution in [3.8, 4) is 0 Å². The number of carbonyl (C=O) groups is 15. The summed E-state index contributed by atoms with van der Waals surface area (Å²) >= 11 is 3.33. The fourth-order valence-electron chi connectivity index (χ4n) is 11.1. The topological polar surface area (TPSA) is 498 Å². The molecule has 5 rings (SSSR count). The molecule has 0 aromatic carbocycles. The molecule has 0 aliphatic carbocycles. The Kier molecular flexibility index (Phi) is 31.9. The second kappa shape index (κ2) is 38.4. The van der Waals surface area contributed by atoms with Crippen LogP contribution in [-0.2, 0) is 186 Å². The van der Waals surface area contributed by atoms with Gasteiger partial charge in [0.2, 0.25) is 0 Å². The first-order valence-corrected chi connectivity index (χ1v) is 32.0. The minimum absolute atomic E-state index is 0.437. The predicted molar refractivity (Wildman–Crippen MR) is 316 cm³/mol. The minimum atomic E-state index is -2.19. The number of aliphatic hydroxyl groups is 1. The lowest BCUT2D eigenvalue weighted by Crippen LogP contribution is -2.70. The van der Waals surface area contributed by atoms with Gasteiger partial charge in [0.1, 0.15) is 81.4 Å². The summed E-state index contributed by atoms with van der Waals surface area (Å²) in [6.45, 7) is 10.6. The molecule has 0 amide bonds. The maximum atomic E-state index is 13.5. The number of esters is 15. The van der Waals surface area contributed by atoms with Gasteiger partial charge < -0.3 is 119 Å². The third-order valence-electron chi connectivity index (χ3n) is 14.4. The Labute approximate surface area is 583 Å². The number of alkyl halides is 1. The van der Waals surface area contributed by atoms with E-state index in [1.54, 1.807) is 0 Å². The van der Waals surface area contributed by atoms with Crippen molar-refractivity contribution < 1.29 is 191 Å². The maximum Gasteiger partial charge on any atom is 0.303 e. The molecular formula is C60H81BrO40. The second-order valence-electron chi connectivity index (χ2n) is 22.8. The van der Waals surface area contributed by atoms with Crippen LogP contribution in [0.2, 0.25) is 0 Å². The van der Waals surface area contributed by atoms with Gasteiger partial charge in [-0.15, -0.1) is 0 Å². The van der Waals surface area contributed by atoms with E-state index in [1.165, 1.54) is 0 Å². The smallest absolute Gasteiger partial charge is 0.303 e. The molecule has 5 aliphatic heterocycles. The minimum Gasteiger partial charge on any atom is -0.463 e. The van der Waals surface area contributed by atoms with Crippen LogP contribution in [0.1, 0.15) is 104 Å². The zero-order valence-corrected chi connectivity index (χ0v) is 58.8. The molecule has 0 aromatic heterocycles. The summed E-state index contributed by atoms with van der Waals surface area (Å²) in [5, 5.41) is 10.7. The van der Waals surface area contributed by atoms with E-state index in [0.29, 0.717) is 0 Å². The third kappa shape index (κ3) is 24.7. The van der Waals surface area contributed by atoms with Crippen LogP contribution in [0.4, 0.5) is 0 Å². The fourth-order valence-corrected chi connectivity index (χ4v) is 11.7. The summed E-state index contributed by atoms with van der Waals surface area (Å²) in [6, 6.07) is 0. The van der Waals surface area contributed by atoms with Gasteiger partial charge in [-0.25, -0.2) is 0 Å².